The van der Waals surface area contributed by atoms with Gasteiger partial charge in [-0.2, -0.15) is 0 Å². The number of aromatic nitrogens is 1. The minimum atomic E-state index is -0.469. The molecule has 1 aromatic carbocycles. The van der Waals surface area contributed by atoms with Crippen molar-refractivity contribution in [1.82, 2.24) is 4.98 Å². The molecule has 146 valence electrons. The van der Waals surface area contributed by atoms with Gasteiger partial charge in [0.2, 0.25) is 5.01 Å². The Balaban J connectivity index is 1.66. The van der Waals surface area contributed by atoms with E-state index in [0.29, 0.717) is 10.6 Å². The minimum absolute atomic E-state index is 0.00353. The van der Waals surface area contributed by atoms with E-state index >= 15 is 0 Å². The summed E-state index contributed by atoms with van der Waals surface area (Å²) in [5.74, 6) is -0.108. The molecule has 3 aromatic rings. The zero-order valence-electron chi connectivity index (χ0n) is 15.7. The average Bonchev–Trinajstić information content (AvgIpc) is 3.33. The van der Waals surface area contributed by atoms with Crippen molar-refractivity contribution in [3.8, 4) is 16.9 Å². The summed E-state index contributed by atoms with van der Waals surface area (Å²) in [7, 11) is 1.62. The summed E-state index contributed by atoms with van der Waals surface area (Å²) in [6.07, 6.45) is 0. The van der Waals surface area contributed by atoms with Crippen molar-refractivity contribution >= 4 is 34.6 Å². The predicted molar refractivity (Wildman–Crippen MR) is 108 cm³/mol. The van der Waals surface area contributed by atoms with Crippen molar-refractivity contribution < 1.29 is 23.8 Å². The van der Waals surface area contributed by atoms with Gasteiger partial charge in [0.25, 0.3) is 0 Å². The first-order valence-corrected chi connectivity index (χ1v) is 10.2. The second kappa shape index (κ2) is 8.99. The minimum Gasteiger partial charge on any atom is -0.497 e. The monoisotopic (exact) mass is 417 g/mol. The van der Waals surface area contributed by atoms with E-state index in [9.17, 15) is 9.59 Å². The third kappa shape index (κ3) is 4.58. The maximum Gasteiger partial charge on any atom is 0.367 e. The molecule has 0 fully saturated rings. The highest BCUT2D eigenvalue weighted by molar-refractivity contribution is 7.14. The van der Waals surface area contributed by atoms with Crippen LogP contribution in [-0.2, 0) is 16.1 Å². The van der Waals surface area contributed by atoms with Crippen molar-refractivity contribution in [3.63, 3.8) is 0 Å². The number of hydrogen-bond acceptors (Lipinski definition) is 8. The van der Waals surface area contributed by atoms with Crippen molar-refractivity contribution in [2.45, 2.75) is 20.5 Å². The Bertz CT molecular complexity index is 975. The van der Waals surface area contributed by atoms with Crippen LogP contribution >= 0.6 is 22.7 Å². The zero-order valence-corrected chi connectivity index (χ0v) is 17.3. The molecule has 0 saturated heterocycles. The third-order valence-corrected chi connectivity index (χ3v) is 5.77. The number of hydrogen-bond donors (Lipinski definition) is 0. The Hall–Kier alpha value is -2.71. The molecule has 0 aliphatic heterocycles. The second-order valence-corrected chi connectivity index (χ2v) is 7.86. The lowest BCUT2D eigenvalue weighted by Crippen LogP contribution is -2.06. The Morgan fingerprint density at radius 3 is 2.54 bits per heavy atom. The summed E-state index contributed by atoms with van der Waals surface area (Å²) in [5, 5.41) is 1.93. The van der Waals surface area contributed by atoms with Gasteiger partial charge in [0, 0.05) is 10.3 Å². The normalized spacial score (nSPS) is 10.5. The number of rotatable bonds is 7. The highest BCUT2D eigenvalue weighted by atomic mass is 32.1. The number of carbonyl (C=O) groups is 2. The lowest BCUT2D eigenvalue weighted by molar-refractivity contribution is 0.0474. The van der Waals surface area contributed by atoms with E-state index in [1.165, 1.54) is 22.7 Å². The first kappa shape index (κ1) is 20.0. The van der Waals surface area contributed by atoms with Gasteiger partial charge in [-0.15, -0.1) is 22.7 Å². The largest absolute Gasteiger partial charge is 0.497 e. The standard InChI is InChI=1S/C20H19NO5S2/c1-4-25-20(23)18-21-14(11-27-18)10-26-19(22)17-9-16(12(2)28-17)13-5-7-15(24-3)8-6-13/h5-9,11H,4,10H2,1-3H3. The molecule has 0 N–H and O–H groups in total. The van der Waals surface area contributed by atoms with Gasteiger partial charge in [0.05, 0.1) is 19.4 Å². The summed E-state index contributed by atoms with van der Waals surface area (Å²) >= 11 is 2.55. The number of aryl methyl sites for hydroxylation is 1. The number of esters is 2. The fraction of sp³-hybridized carbons (Fsp3) is 0.250. The van der Waals surface area contributed by atoms with Gasteiger partial charge in [0.15, 0.2) is 0 Å². The number of methoxy groups -OCH3 is 1. The van der Waals surface area contributed by atoms with Crippen molar-refractivity contribution in [1.29, 1.82) is 0 Å². The number of benzene rings is 1. The topological polar surface area (TPSA) is 74.7 Å². The molecule has 2 aromatic heterocycles. The highest BCUT2D eigenvalue weighted by Gasteiger charge is 2.17. The van der Waals surface area contributed by atoms with Crippen LogP contribution in [0.25, 0.3) is 11.1 Å². The molecule has 0 bridgehead atoms. The second-order valence-electron chi connectivity index (χ2n) is 5.75. The maximum atomic E-state index is 12.4. The van der Waals surface area contributed by atoms with Crippen molar-refractivity contribution in [3.05, 3.63) is 56.2 Å². The average molecular weight is 418 g/mol. The molecule has 0 unspecified atom stereocenters. The van der Waals surface area contributed by atoms with E-state index in [1.54, 1.807) is 19.4 Å². The van der Waals surface area contributed by atoms with Crippen molar-refractivity contribution in [2.75, 3.05) is 13.7 Å². The van der Waals surface area contributed by atoms with Crippen molar-refractivity contribution in [2.24, 2.45) is 0 Å². The first-order valence-electron chi connectivity index (χ1n) is 8.55. The number of thiophene rings is 1. The van der Waals surface area contributed by atoms with Crippen LogP contribution < -0.4 is 4.74 Å². The Labute approximate surface area is 170 Å². The van der Waals surface area contributed by atoms with E-state index in [1.807, 2.05) is 37.3 Å². The molecule has 28 heavy (non-hydrogen) atoms. The quantitative estimate of drug-likeness (QED) is 0.518. The third-order valence-electron chi connectivity index (χ3n) is 3.87. The molecule has 0 spiro atoms. The lowest BCUT2D eigenvalue weighted by atomic mass is 10.1. The molecule has 0 aliphatic carbocycles. The Morgan fingerprint density at radius 2 is 1.86 bits per heavy atom. The lowest BCUT2D eigenvalue weighted by Gasteiger charge is -2.02. The molecule has 0 radical (unpaired) electrons. The summed E-state index contributed by atoms with van der Waals surface area (Å²) in [6.45, 7) is 3.99. The number of carbonyl (C=O) groups excluding carboxylic acids is 2. The van der Waals surface area contributed by atoms with Crippen LogP contribution in [0.15, 0.2) is 35.7 Å². The molecular formula is C20H19NO5S2. The number of thiazole rings is 1. The smallest absolute Gasteiger partial charge is 0.367 e. The highest BCUT2D eigenvalue weighted by Crippen LogP contribution is 2.32. The summed E-state index contributed by atoms with van der Waals surface area (Å²) in [4.78, 5) is 29.7. The summed E-state index contributed by atoms with van der Waals surface area (Å²) in [5.41, 5.74) is 2.51. The fourth-order valence-electron chi connectivity index (χ4n) is 2.51. The molecule has 8 heteroatoms. The molecule has 0 aliphatic rings. The van der Waals surface area contributed by atoms with Gasteiger partial charge in [-0.25, -0.2) is 14.6 Å². The first-order chi connectivity index (χ1) is 13.5. The van der Waals surface area contributed by atoms with Gasteiger partial charge >= 0.3 is 11.9 Å². The van der Waals surface area contributed by atoms with E-state index in [4.69, 9.17) is 14.2 Å². The Morgan fingerprint density at radius 1 is 1.11 bits per heavy atom. The van der Waals surface area contributed by atoms with Crippen LogP contribution in [0.5, 0.6) is 5.75 Å². The summed E-state index contributed by atoms with van der Waals surface area (Å²) < 4.78 is 15.4. The van der Waals surface area contributed by atoms with Crippen LogP contribution in [0.3, 0.4) is 0 Å². The number of nitrogens with zero attached hydrogens (tertiary/aromatic N) is 1. The van der Waals surface area contributed by atoms with Gasteiger partial charge < -0.3 is 14.2 Å². The van der Waals surface area contributed by atoms with Crippen LogP contribution in [0, 0.1) is 6.92 Å². The molecule has 2 heterocycles. The molecule has 6 nitrogen and oxygen atoms in total. The maximum absolute atomic E-state index is 12.4. The molecule has 0 saturated carbocycles. The Kier molecular flexibility index (Phi) is 6.43. The van der Waals surface area contributed by atoms with E-state index in [2.05, 4.69) is 4.98 Å². The number of ether oxygens (including phenoxy) is 3. The van der Waals surface area contributed by atoms with E-state index in [0.717, 1.165) is 21.8 Å². The molecule has 0 atom stereocenters. The summed E-state index contributed by atoms with van der Waals surface area (Å²) in [6, 6.07) is 9.50. The van der Waals surface area contributed by atoms with Gasteiger partial charge in [-0.1, -0.05) is 12.1 Å². The van der Waals surface area contributed by atoms with Gasteiger partial charge in [-0.3, -0.25) is 0 Å². The predicted octanol–water partition coefficient (Wildman–Crippen LogP) is 4.72. The van der Waals surface area contributed by atoms with Crippen LogP contribution in [0.2, 0.25) is 0 Å². The molecule has 0 amide bonds. The zero-order chi connectivity index (χ0) is 20.1. The van der Waals surface area contributed by atoms with Crippen LogP contribution in [-0.4, -0.2) is 30.6 Å². The van der Waals surface area contributed by atoms with Crippen LogP contribution in [0.4, 0.5) is 0 Å². The SMILES string of the molecule is CCOC(=O)c1nc(COC(=O)c2cc(-c3ccc(OC)cc3)c(C)s2)cs1. The van der Waals surface area contributed by atoms with E-state index in [-0.39, 0.29) is 18.2 Å². The van der Waals surface area contributed by atoms with Gasteiger partial charge in [-0.05, 0) is 43.2 Å². The van der Waals surface area contributed by atoms with Gasteiger partial charge in [0.1, 0.15) is 17.2 Å². The van der Waals surface area contributed by atoms with E-state index < -0.39 is 11.9 Å². The van der Waals surface area contributed by atoms with Crippen LogP contribution in [0.1, 0.15) is 37.0 Å². The molecule has 3 rings (SSSR count). The molecular weight excluding hydrogens is 398 g/mol. The fourth-order valence-corrected chi connectivity index (χ4v) is 4.14.